The summed E-state index contributed by atoms with van der Waals surface area (Å²) in [4.78, 5) is 36.5. The molecule has 0 heterocycles. The summed E-state index contributed by atoms with van der Waals surface area (Å²) in [7, 11) is 5.35. The first-order chi connectivity index (χ1) is 26.1. The molecule has 0 rings (SSSR count). The lowest BCUT2D eigenvalue weighted by molar-refractivity contribution is -0.889. The molecule has 0 saturated carbocycles. The van der Waals surface area contributed by atoms with Gasteiger partial charge in [-0.15, -0.1) is 0 Å². The predicted octanol–water partition coefficient (Wildman–Crippen LogP) is 9.40. The van der Waals surface area contributed by atoms with Gasteiger partial charge in [-0.3, -0.25) is 9.59 Å². The maximum Gasteiger partial charge on any atom is 0.306 e. The molecular formula is C46H73NO7. The van der Waals surface area contributed by atoms with E-state index in [1.165, 1.54) is 12.8 Å². The fourth-order valence-corrected chi connectivity index (χ4v) is 5.07. The third-order valence-corrected chi connectivity index (χ3v) is 8.22. The van der Waals surface area contributed by atoms with Crippen LogP contribution >= 0.6 is 0 Å². The van der Waals surface area contributed by atoms with Crippen LogP contribution in [0.1, 0.15) is 123 Å². The molecule has 0 aliphatic rings. The van der Waals surface area contributed by atoms with Crippen molar-refractivity contribution >= 4 is 17.9 Å². The Morgan fingerprint density at radius 3 is 1.56 bits per heavy atom. The molecule has 0 saturated heterocycles. The minimum Gasteiger partial charge on any atom is -0.544 e. The quantitative estimate of drug-likeness (QED) is 0.0280. The van der Waals surface area contributed by atoms with Gasteiger partial charge in [-0.25, -0.2) is 0 Å². The fraction of sp³-hybridized carbons (Fsp3) is 0.587. The van der Waals surface area contributed by atoms with Gasteiger partial charge >= 0.3 is 11.9 Å². The monoisotopic (exact) mass is 752 g/mol. The first-order valence-corrected chi connectivity index (χ1v) is 20.3. The van der Waals surface area contributed by atoms with E-state index in [0.717, 1.165) is 64.2 Å². The van der Waals surface area contributed by atoms with Gasteiger partial charge in [0, 0.05) is 19.3 Å². The van der Waals surface area contributed by atoms with Crippen LogP contribution in [0.3, 0.4) is 0 Å². The van der Waals surface area contributed by atoms with E-state index in [-0.39, 0.29) is 55.5 Å². The Bertz CT molecular complexity index is 1200. The minimum atomic E-state index is -1.14. The van der Waals surface area contributed by atoms with Crippen LogP contribution in [-0.4, -0.2) is 75.5 Å². The summed E-state index contributed by atoms with van der Waals surface area (Å²) in [6.45, 7) is 4.34. The molecule has 54 heavy (non-hydrogen) atoms. The average Bonchev–Trinajstić information content (AvgIpc) is 3.12. The van der Waals surface area contributed by atoms with Crippen LogP contribution in [0.25, 0.3) is 0 Å². The number of carbonyl (C=O) groups is 3. The second-order valence-corrected chi connectivity index (χ2v) is 14.1. The number of allylic oxidation sites excluding steroid dienone is 16. The van der Waals surface area contributed by atoms with E-state index in [0.29, 0.717) is 12.8 Å². The summed E-state index contributed by atoms with van der Waals surface area (Å²) >= 11 is 0. The SMILES string of the molecule is CC/C=C/C/C=C/C/C=C/C/C=C/C/C=C/C/C=C/C/C=C/CCCC(=O)OC(COCCC(C(=O)[O-])[N+](C)(C)C)COC(=O)CC/C=C/CCCCC. The van der Waals surface area contributed by atoms with E-state index >= 15 is 0 Å². The number of esters is 2. The zero-order valence-electron chi connectivity index (χ0n) is 34.3. The Balaban J connectivity index is 4.44. The van der Waals surface area contributed by atoms with E-state index in [1.54, 1.807) is 21.1 Å². The molecule has 0 spiro atoms. The van der Waals surface area contributed by atoms with Gasteiger partial charge in [0.2, 0.25) is 0 Å². The number of carboxylic acids is 1. The van der Waals surface area contributed by atoms with Gasteiger partial charge < -0.3 is 28.6 Å². The highest BCUT2D eigenvalue weighted by atomic mass is 16.6. The van der Waals surface area contributed by atoms with Crippen molar-refractivity contribution in [3.8, 4) is 0 Å². The lowest BCUT2D eigenvalue weighted by Crippen LogP contribution is -2.55. The van der Waals surface area contributed by atoms with Gasteiger partial charge in [-0.1, -0.05) is 124 Å². The van der Waals surface area contributed by atoms with Gasteiger partial charge in [-0.05, 0) is 77.0 Å². The molecular weight excluding hydrogens is 679 g/mol. The normalized spacial score (nSPS) is 14.0. The number of rotatable bonds is 34. The van der Waals surface area contributed by atoms with Gasteiger partial charge in [0.15, 0.2) is 6.10 Å². The number of ether oxygens (including phenoxy) is 3. The third kappa shape index (κ3) is 34.0. The van der Waals surface area contributed by atoms with Crippen LogP contribution in [0.2, 0.25) is 0 Å². The average molecular weight is 752 g/mol. The van der Waals surface area contributed by atoms with Crippen LogP contribution in [0.4, 0.5) is 0 Å². The number of carbonyl (C=O) groups excluding carboxylic acids is 3. The fourth-order valence-electron chi connectivity index (χ4n) is 5.07. The van der Waals surface area contributed by atoms with E-state index < -0.39 is 18.1 Å². The van der Waals surface area contributed by atoms with Gasteiger partial charge in [-0.2, -0.15) is 0 Å². The Hall–Kier alpha value is -3.75. The van der Waals surface area contributed by atoms with E-state index in [4.69, 9.17) is 14.2 Å². The van der Waals surface area contributed by atoms with Crippen LogP contribution in [0.15, 0.2) is 97.2 Å². The van der Waals surface area contributed by atoms with E-state index in [1.807, 2.05) is 6.08 Å². The molecule has 0 radical (unpaired) electrons. The molecule has 0 fully saturated rings. The highest BCUT2D eigenvalue weighted by Crippen LogP contribution is 2.10. The van der Waals surface area contributed by atoms with Crippen molar-refractivity contribution in [2.45, 2.75) is 135 Å². The van der Waals surface area contributed by atoms with Crippen molar-refractivity contribution in [2.24, 2.45) is 0 Å². The second kappa shape index (κ2) is 36.2. The van der Waals surface area contributed by atoms with Crippen LogP contribution < -0.4 is 5.11 Å². The van der Waals surface area contributed by atoms with Gasteiger partial charge in [0.05, 0.1) is 40.3 Å². The smallest absolute Gasteiger partial charge is 0.306 e. The Morgan fingerprint density at radius 2 is 1.06 bits per heavy atom. The Morgan fingerprint density at radius 1 is 0.574 bits per heavy atom. The van der Waals surface area contributed by atoms with Crippen molar-refractivity contribution in [1.82, 2.24) is 0 Å². The highest BCUT2D eigenvalue weighted by Gasteiger charge is 2.25. The molecule has 0 aliphatic heterocycles. The van der Waals surface area contributed by atoms with Crippen molar-refractivity contribution in [1.29, 1.82) is 0 Å². The first-order valence-electron chi connectivity index (χ1n) is 20.3. The summed E-state index contributed by atoms with van der Waals surface area (Å²) < 4.78 is 16.9. The van der Waals surface area contributed by atoms with Crippen LogP contribution in [-0.2, 0) is 28.6 Å². The molecule has 0 aliphatic carbocycles. The van der Waals surface area contributed by atoms with Crippen LogP contribution in [0.5, 0.6) is 0 Å². The predicted molar refractivity (Wildman–Crippen MR) is 221 cm³/mol. The topological polar surface area (TPSA) is 102 Å². The Kier molecular flexibility index (Phi) is 33.7. The maximum atomic E-state index is 12.6. The summed E-state index contributed by atoms with van der Waals surface area (Å²) in [5.41, 5.74) is 0. The lowest BCUT2D eigenvalue weighted by Gasteiger charge is -2.34. The lowest BCUT2D eigenvalue weighted by atomic mass is 10.1. The first kappa shape index (κ1) is 50.2. The number of unbranched alkanes of at least 4 members (excludes halogenated alkanes) is 4. The number of hydrogen-bond donors (Lipinski definition) is 0. The van der Waals surface area contributed by atoms with Crippen molar-refractivity contribution in [3.05, 3.63) is 97.2 Å². The van der Waals surface area contributed by atoms with Gasteiger partial charge in [0.1, 0.15) is 12.6 Å². The Labute approximate surface area is 328 Å². The van der Waals surface area contributed by atoms with E-state index in [9.17, 15) is 19.5 Å². The number of quaternary nitrogens is 1. The molecule has 8 nitrogen and oxygen atoms in total. The molecule has 304 valence electrons. The summed E-state index contributed by atoms with van der Waals surface area (Å²) in [6.07, 6.45) is 47.6. The highest BCUT2D eigenvalue weighted by molar-refractivity contribution is 5.70. The van der Waals surface area contributed by atoms with Crippen molar-refractivity contribution < 1.29 is 38.2 Å². The molecule has 0 aromatic heterocycles. The molecule has 0 aromatic rings. The number of likely N-dealkylation sites (N-methyl/N-ethyl adjacent to an activating group) is 1. The van der Waals surface area contributed by atoms with Crippen LogP contribution in [0, 0.1) is 0 Å². The summed E-state index contributed by atoms with van der Waals surface area (Å²) in [5.74, 6) is -1.90. The molecule has 8 heteroatoms. The number of carboxylic acid groups (broad SMARTS) is 1. The summed E-state index contributed by atoms with van der Waals surface area (Å²) in [5, 5.41) is 11.6. The van der Waals surface area contributed by atoms with E-state index in [2.05, 4.69) is 105 Å². The second-order valence-electron chi connectivity index (χ2n) is 14.1. The molecule has 2 unspecified atom stereocenters. The molecule has 2 atom stereocenters. The van der Waals surface area contributed by atoms with Crippen molar-refractivity contribution in [2.75, 3.05) is 41.0 Å². The molecule has 0 amide bonds. The minimum absolute atomic E-state index is 0.000871. The number of hydrogen-bond acceptors (Lipinski definition) is 7. The standard InChI is InChI=1S/C46H73NO7/c1-6-8-10-12-14-15-16-17-18-19-20-21-22-23-24-25-26-27-28-29-31-33-35-37-45(49)54-42(40-52-39-38-43(46(50)51)47(3,4)5)41-53-44(48)36-34-32-30-13-11-9-7-2/h8,10,14-15,17-18,20-21,23-24,26-27,29-32,42-43H,6-7,9,11-13,16,19,22,25,28,33-41H2,1-5H3/b10-8+,15-14+,18-17+,21-20+,24-23+,27-26+,31-29+,32-30+. The zero-order valence-corrected chi connectivity index (χ0v) is 34.3. The molecule has 0 N–H and O–H groups in total. The molecule has 0 aromatic carbocycles. The largest absolute Gasteiger partial charge is 0.544 e. The summed E-state index contributed by atoms with van der Waals surface area (Å²) in [6, 6.07) is -0.744. The van der Waals surface area contributed by atoms with Crippen molar-refractivity contribution in [3.63, 3.8) is 0 Å². The number of nitrogens with zero attached hydrogens (tertiary/aromatic N) is 1. The molecule has 0 bridgehead atoms. The maximum absolute atomic E-state index is 12.6. The zero-order chi connectivity index (χ0) is 40.0. The number of aliphatic carboxylic acids is 1. The third-order valence-electron chi connectivity index (χ3n) is 8.22. The van der Waals surface area contributed by atoms with Gasteiger partial charge in [0.25, 0.3) is 0 Å².